The standard InChI is InChI=1S/C26H37NO4/c1-2-13-26(14-8-15-26)25(31)19-10-7-9-18(16-19)24-20(21(28)17-22(24)29)11-5-3-4-6-12-23(27)30/h3,5,7,9-10,16,20,22,24-25,29,31H,2,4,6,8,11-15,17H2,1H3,(H2,27,30)/b5-3-/t20-,22+,24+,25?/m0/s1. The van der Waals surface area contributed by atoms with E-state index in [0.29, 0.717) is 19.3 Å². The molecule has 1 amide bonds. The first-order chi connectivity index (χ1) is 14.9. The van der Waals surface area contributed by atoms with Crippen LogP contribution >= 0.6 is 0 Å². The molecule has 1 aromatic rings. The summed E-state index contributed by atoms with van der Waals surface area (Å²) in [6.45, 7) is 2.16. The van der Waals surface area contributed by atoms with Crippen molar-refractivity contribution in [1.82, 2.24) is 0 Å². The summed E-state index contributed by atoms with van der Waals surface area (Å²) in [6.07, 6.45) is 10.7. The number of Topliss-reactive ketones (excluding diaryl/α,β-unsaturated/α-hetero) is 1. The zero-order chi connectivity index (χ0) is 22.4. The Hall–Kier alpha value is -1.98. The van der Waals surface area contributed by atoms with Crippen molar-refractivity contribution in [2.24, 2.45) is 17.1 Å². The summed E-state index contributed by atoms with van der Waals surface area (Å²) in [7, 11) is 0. The molecule has 0 bridgehead atoms. The Morgan fingerprint density at radius 2 is 2.10 bits per heavy atom. The Morgan fingerprint density at radius 3 is 2.74 bits per heavy atom. The first-order valence-corrected chi connectivity index (χ1v) is 11.8. The molecule has 0 radical (unpaired) electrons. The predicted molar refractivity (Wildman–Crippen MR) is 121 cm³/mol. The van der Waals surface area contributed by atoms with Crippen LogP contribution in [0.15, 0.2) is 36.4 Å². The van der Waals surface area contributed by atoms with Crippen LogP contribution in [0.3, 0.4) is 0 Å². The molecule has 2 saturated carbocycles. The molecule has 0 spiro atoms. The second-order valence-corrected chi connectivity index (χ2v) is 9.47. The van der Waals surface area contributed by atoms with Crippen molar-refractivity contribution < 1.29 is 19.8 Å². The Bertz CT molecular complexity index is 798. The number of carbonyl (C=O) groups is 2. The van der Waals surface area contributed by atoms with Gasteiger partial charge in [-0.3, -0.25) is 9.59 Å². The van der Waals surface area contributed by atoms with Crippen molar-refractivity contribution in [2.45, 2.75) is 89.3 Å². The molecule has 5 heteroatoms. The van der Waals surface area contributed by atoms with E-state index in [4.69, 9.17) is 5.73 Å². The maximum absolute atomic E-state index is 12.6. The van der Waals surface area contributed by atoms with Gasteiger partial charge in [-0.2, -0.15) is 0 Å². The van der Waals surface area contributed by atoms with Crippen LogP contribution in [0.2, 0.25) is 0 Å². The third kappa shape index (κ3) is 5.45. The molecule has 4 N–H and O–H groups in total. The van der Waals surface area contributed by atoms with E-state index in [1.54, 1.807) is 0 Å². The number of allylic oxidation sites excluding steroid dienone is 2. The van der Waals surface area contributed by atoms with Gasteiger partial charge < -0.3 is 15.9 Å². The van der Waals surface area contributed by atoms with Gasteiger partial charge in [0.2, 0.25) is 5.91 Å². The lowest BCUT2D eigenvalue weighted by Crippen LogP contribution is -2.36. The summed E-state index contributed by atoms with van der Waals surface area (Å²) in [4.78, 5) is 23.4. The van der Waals surface area contributed by atoms with Gasteiger partial charge in [0, 0.05) is 30.1 Å². The number of hydrogen-bond acceptors (Lipinski definition) is 4. The molecule has 0 heterocycles. The minimum absolute atomic E-state index is 0.0233. The van der Waals surface area contributed by atoms with E-state index in [0.717, 1.165) is 43.2 Å². The van der Waals surface area contributed by atoms with E-state index >= 15 is 0 Å². The molecule has 2 aliphatic carbocycles. The molecular weight excluding hydrogens is 390 g/mol. The third-order valence-electron chi connectivity index (χ3n) is 7.31. The normalized spacial score (nSPS) is 26.2. The summed E-state index contributed by atoms with van der Waals surface area (Å²) >= 11 is 0. The van der Waals surface area contributed by atoms with E-state index in [1.807, 2.05) is 36.4 Å². The van der Waals surface area contributed by atoms with E-state index < -0.39 is 12.2 Å². The van der Waals surface area contributed by atoms with Gasteiger partial charge in [0.25, 0.3) is 0 Å². The number of rotatable bonds is 11. The van der Waals surface area contributed by atoms with Crippen LogP contribution in [0.5, 0.6) is 0 Å². The Kier molecular flexibility index (Phi) is 8.06. The van der Waals surface area contributed by atoms with Gasteiger partial charge in [0.1, 0.15) is 5.78 Å². The number of benzene rings is 1. The van der Waals surface area contributed by atoms with Crippen LogP contribution < -0.4 is 5.73 Å². The summed E-state index contributed by atoms with van der Waals surface area (Å²) in [5.74, 6) is -0.722. The van der Waals surface area contributed by atoms with Gasteiger partial charge in [-0.15, -0.1) is 0 Å². The van der Waals surface area contributed by atoms with Crippen LogP contribution in [0, 0.1) is 11.3 Å². The minimum Gasteiger partial charge on any atom is -0.392 e. The maximum Gasteiger partial charge on any atom is 0.217 e. The first-order valence-electron chi connectivity index (χ1n) is 11.8. The third-order valence-corrected chi connectivity index (χ3v) is 7.31. The number of amides is 1. The Balaban J connectivity index is 1.72. The quantitative estimate of drug-likeness (QED) is 0.361. The monoisotopic (exact) mass is 427 g/mol. The predicted octanol–water partition coefficient (Wildman–Crippen LogP) is 4.33. The highest BCUT2D eigenvalue weighted by Gasteiger charge is 2.44. The van der Waals surface area contributed by atoms with Crippen LogP contribution in [-0.4, -0.2) is 28.0 Å². The van der Waals surface area contributed by atoms with E-state index in [1.165, 1.54) is 6.42 Å². The van der Waals surface area contributed by atoms with Crippen LogP contribution in [0.1, 0.15) is 94.3 Å². The highest BCUT2D eigenvalue weighted by molar-refractivity contribution is 5.85. The number of nitrogens with two attached hydrogens (primary N) is 1. The molecule has 1 aromatic carbocycles. The summed E-state index contributed by atoms with van der Waals surface area (Å²) < 4.78 is 0. The van der Waals surface area contributed by atoms with E-state index in [9.17, 15) is 19.8 Å². The van der Waals surface area contributed by atoms with Gasteiger partial charge in [-0.1, -0.05) is 56.2 Å². The van der Waals surface area contributed by atoms with E-state index in [-0.39, 0.29) is 35.4 Å². The van der Waals surface area contributed by atoms with Crippen molar-refractivity contribution in [1.29, 1.82) is 0 Å². The van der Waals surface area contributed by atoms with Crippen LogP contribution in [-0.2, 0) is 9.59 Å². The van der Waals surface area contributed by atoms with Crippen molar-refractivity contribution in [2.75, 3.05) is 0 Å². The number of aliphatic hydroxyl groups excluding tert-OH is 2. The van der Waals surface area contributed by atoms with Gasteiger partial charge >= 0.3 is 0 Å². The smallest absolute Gasteiger partial charge is 0.217 e. The molecule has 31 heavy (non-hydrogen) atoms. The maximum atomic E-state index is 12.6. The number of primary amides is 1. The Morgan fingerprint density at radius 1 is 1.32 bits per heavy atom. The molecule has 5 nitrogen and oxygen atoms in total. The molecule has 3 rings (SSSR count). The summed E-state index contributed by atoms with van der Waals surface area (Å²) in [5, 5.41) is 21.8. The summed E-state index contributed by atoms with van der Waals surface area (Å²) in [6, 6.07) is 7.90. The zero-order valence-electron chi connectivity index (χ0n) is 18.6. The number of carbonyl (C=O) groups excluding carboxylic acids is 2. The molecule has 0 aromatic heterocycles. The molecular formula is C26H37NO4. The Labute approximate surface area is 185 Å². The second kappa shape index (κ2) is 10.6. The lowest BCUT2D eigenvalue weighted by atomic mass is 9.61. The fraction of sp³-hybridized carbons (Fsp3) is 0.615. The number of ketones is 1. The molecule has 0 aliphatic heterocycles. The fourth-order valence-electron chi connectivity index (χ4n) is 5.52. The van der Waals surface area contributed by atoms with Gasteiger partial charge in [-0.25, -0.2) is 0 Å². The highest BCUT2D eigenvalue weighted by Crippen LogP contribution is 2.53. The second-order valence-electron chi connectivity index (χ2n) is 9.47. The number of hydrogen-bond donors (Lipinski definition) is 3. The SMILES string of the molecule is CCCC1(C(O)c2cccc([C@H]3[C@H](O)CC(=O)[C@@H]3C/C=C\CCCC(N)=O)c2)CCC1. The molecule has 1 unspecified atom stereocenters. The molecule has 0 saturated heterocycles. The van der Waals surface area contributed by atoms with Crippen molar-refractivity contribution >= 4 is 11.7 Å². The topological polar surface area (TPSA) is 101 Å². The molecule has 170 valence electrons. The molecule has 2 fully saturated rings. The summed E-state index contributed by atoms with van der Waals surface area (Å²) in [5.41, 5.74) is 6.97. The lowest BCUT2D eigenvalue weighted by molar-refractivity contribution is -0.121. The highest BCUT2D eigenvalue weighted by atomic mass is 16.3. The largest absolute Gasteiger partial charge is 0.392 e. The van der Waals surface area contributed by atoms with Gasteiger partial charge in [0.15, 0.2) is 0 Å². The van der Waals surface area contributed by atoms with Crippen molar-refractivity contribution in [3.05, 3.63) is 47.5 Å². The molecule has 2 aliphatic rings. The van der Waals surface area contributed by atoms with Crippen molar-refractivity contribution in [3.8, 4) is 0 Å². The average Bonchev–Trinajstić information content (AvgIpc) is 2.99. The van der Waals surface area contributed by atoms with Gasteiger partial charge in [-0.05, 0) is 49.7 Å². The zero-order valence-corrected chi connectivity index (χ0v) is 18.6. The molecule has 4 atom stereocenters. The number of unbranched alkanes of at least 4 members (excludes halogenated alkanes) is 1. The number of aliphatic hydroxyl groups is 2. The van der Waals surface area contributed by atoms with Crippen LogP contribution in [0.4, 0.5) is 0 Å². The lowest BCUT2D eigenvalue weighted by Gasteiger charge is -2.46. The van der Waals surface area contributed by atoms with E-state index in [2.05, 4.69) is 6.92 Å². The minimum atomic E-state index is -0.693. The average molecular weight is 428 g/mol. The van der Waals surface area contributed by atoms with Crippen molar-refractivity contribution in [3.63, 3.8) is 0 Å². The fourth-order valence-corrected chi connectivity index (χ4v) is 5.52. The first kappa shape index (κ1) is 23.7. The van der Waals surface area contributed by atoms with Gasteiger partial charge in [0.05, 0.1) is 12.2 Å². The van der Waals surface area contributed by atoms with Crippen LogP contribution in [0.25, 0.3) is 0 Å².